The maximum Gasteiger partial charge on any atom is 0.315 e. The number of benzene rings is 1. The minimum absolute atomic E-state index is 0.119. The van der Waals surface area contributed by atoms with Crippen molar-refractivity contribution in [3.05, 3.63) is 29.8 Å². The summed E-state index contributed by atoms with van der Waals surface area (Å²) in [5, 5.41) is 5.98. The number of urea groups is 1. The second kappa shape index (κ2) is 7.99. The number of amides is 2. The van der Waals surface area contributed by atoms with Crippen molar-refractivity contribution in [1.29, 1.82) is 0 Å². The van der Waals surface area contributed by atoms with Gasteiger partial charge in [0.25, 0.3) is 0 Å². The molecule has 2 heterocycles. The third-order valence-corrected chi connectivity index (χ3v) is 5.07. The Morgan fingerprint density at radius 3 is 2.80 bits per heavy atom. The zero-order valence-electron chi connectivity index (χ0n) is 14.6. The summed E-state index contributed by atoms with van der Waals surface area (Å²) in [7, 11) is 2.07. The number of nitrogens with zero attached hydrogens (tertiary/aromatic N) is 2. The summed E-state index contributed by atoms with van der Waals surface area (Å²) in [5.41, 5.74) is 0.691. The quantitative estimate of drug-likeness (QED) is 0.873. The molecule has 1 aromatic carbocycles. The number of anilines is 1. The highest BCUT2D eigenvalue weighted by atomic mass is 19.2. The van der Waals surface area contributed by atoms with Crippen LogP contribution >= 0.6 is 0 Å². The van der Waals surface area contributed by atoms with Gasteiger partial charge in [0.1, 0.15) is 0 Å². The predicted molar refractivity (Wildman–Crippen MR) is 93.7 cm³/mol. The van der Waals surface area contributed by atoms with E-state index in [1.807, 2.05) is 4.90 Å². The van der Waals surface area contributed by atoms with Crippen LogP contribution in [0.2, 0.25) is 0 Å². The highest BCUT2D eigenvalue weighted by molar-refractivity contribution is 5.74. The lowest BCUT2D eigenvalue weighted by Gasteiger charge is -2.30. The molecular formula is C18H26F2N4O. The van der Waals surface area contributed by atoms with E-state index in [0.29, 0.717) is 18.2 Å². The topological polar surface area (TPSA) is 47.6 Å². The Labute approximate surface area is 147 Å². The van der Waals surface area contributed by atoms with Gasteiger partial charge in [0.05, 0.1) is 0 Å². The number of nitrogens with one attached hydrogen (secondary N) is 2. The van der Waals surface area contributed by atoms with Gasteiger partial charge in [-0.05, 0) is 50.9 Å². The molecule has 0 aromatic heterocycles. The summed E-state index contributed by atoms with van der Waals surface area (Å²) in [6.45, 7) is 4.08. The van der Waals surface area contributed by atoms with Crippen LogP contribution in [0.3, 0.4) is 0 Å². The van der Waals surface area contributed by atoms with Gasteiger partial charge in [-0.3, -0.25) is 0 Å². The Bertz CT molecular complexity index is 613. The van der Waals surface area contributed by atoms with E-state index in [1.165, 1.54) is 6.07 Å². The summed E-state index contributed by atoms with van der Waals surface area (Å²) in [5.74, 6) is -1.34. The fraction of sp³-hybridized carbons (Fsp3) is 0.611. The molecule has 138 valence electrons. The Kier molecular flexibility index (Phi) is 5.73. The molecule has 0 unspecified atom stereocenters. The van der Waals surface area contributed by atoms with Gasteiger partial charge >= 0.3 is 6.03 Å². The molecule has 2 N–H and O–H groups in total. The van der Waals surface area contributed by atoms with Crippen LogP contribution in [0.15, 0.2) is 18.2 Å². The second-order valence-electron chi connectivity index (χ2n) is 7.15. The van der Waals surface area contributed by atoms with Gasteiger partial charge in [0.2, 0.25) is 0 Å². The molecule has 2 aliphatic rings. The van der Waals surface area contributed by atoms with Crippen molar-refractivity contribution in [3.63, 3.8) is 0 Å². The molecule has 2 atom stereocenters. The zero-order chi connectivity index (χ0) is 17.8. The van der Waals surface area contributed by atoms with Crippen molar-refractivity contribution in [2.24, 2.45) is 5.92 Å². The fourth-order valence-corrected chi connectivity index (χ4v) is 3.67. The average molecular weight is 352 g/mol. The Hall–Kier alpha value is -1.89. The lowest BCUT2D eigenvalue weighted by atomic mass is 10.1. The molecule has 2 aliphatic heterocycles. The molecule has 1 aromatic rings. The van der Waals surface area contributed by atoms with E-state index < -0.39 is 11.6 Å². The number of carbonyl (C=O) groups is 1. The van der Waals surface area contributed by atoms with E-state index in [4.69, 9.17) is 0 Å². The molecule has 7 heteroatoms. The molecule has 0 radical (unpaired) electrons. The van der Waals surface area contributed by atoms with E-state index >= 15 is 0 Å². The second-order valence-corrected chi connectivity index (χ2v) is 7.15. The molecule has 2 fully saturated rings. The van der Waals surface area contributed by atoms with Crippen molar-refractivity contribution >= 4 is 11.7 Å². The monoisotopic (exact) mass is 352 g/mol. The number of piperidine rings is 1. The molecule has 0 aliphatic carbocycles. The van der Waals surface area contributed by atoms with Crippen LogP contribution in [-0.2, 0) is 0 Å². The Morgan fingerprint density at radius 1 is 1.20 bits per heavy atom. The number of hydrogen-bond acceptors (Lipinski definition) is 3. The molecule has 5 nitrogen and oxygen atoms in total. The molecule has 2 saturated heterocycles. The van der Waals surface area contributed by atoms with Crippen molar-refractivity contribution < 1.29 is 13.6 Å². The van der Waals surface area contributed by atoms with Crippen LogP contribution in [0.25, 0.3) is 0 Å². The van der Waals surface area contributed by atoms with E-state index in [-0.39, 0.29) is 12.1 Å². The lowest BCUT2D eigenvalue weighted by Crippen LogP contribution is -2.50. The third kappa shape index (κ3) is 4.81. The first kappa shape index (κ1) is 17.9. The van der Waals surface area contributed by atoms with Crippen LogP contribution in [0.4, 0.5) is 19.3 Å². The highest BCUT2D eigenvalue weighted by Crippen LogP contribution is 2.25. The maximum absolute atomic E-state index is 13.4. The minimum atomic E-state index is -0.828. The summed E-state index contributed by atoms with van der Waals surface area (Å²) >= 11 is 0. The first-order chi connectivity index (χ1) is 12.0. The van der Waals surface area contributed by atoms with Gasteiger partial charge in [-0.2, -0.15) is 0 Å². The number of halogens is 2. The number of likely N-dealkylation sites (N-methyl/N-ethyl adjacent to an activating group) is 1. The first-order valence-corrected chi connectivity index (χ1v) is 8.94. The Balaban J connectivity index is 1.42. The van der Waals surface area contributed by atoms with Crippen LogP contribution in [0.5, 0.6) is 0 Å². The van der Waals surface area contributed by atoms with Crippen LogP contribution in [0.1, 0.15) is 19.3 Å². The minimum Gasteiger partial charge on any atom is -0.371 e. The van der Waals surface area contributed by atoms with Crippen LogP contribution in [-0.4, -0.2) is 56.7 Å². The molecule has 0 bridgehead atoms. The first-order valence-electron chi connectivity index (χ1n) is 8.94. The van der Waals surface area contributed by atoms with Gasteiger partial charge < -0.3 is 20.4 Å². The molecule has 25 heavy (non-hydrogen) atoms. The van der Waals surface area contributed by atoms with Gasteiger partial charge in [0.15, 0.2) is 11.6 Å². The summed E-state index contributed by atoms with van der Waals surface area (Å²) in [6.07, 6.45) is 3.05. The van der Waals surface area contributed by atoms with Gasteiger partial charge in [0, 0.05) is 44.0 Å². The van der Waals surface area contributed by atoms with E-state index in [9.17, 15) is 13.6 Å². The van der Waals surface area contributed by atoms with Crippen molar-refractivity contribution in [2.75, 3.05) is 44.7 Å². The number of hydrogen-bond donors (Lipinski definition) is 2. The largest absolute Gasteiger partial charge is 0.371 e. The van der Waals surface area contributed by atoms with E-state index in [2.05, 4.69) is 22.6 Å². The Morgan fingerprint density at radius 2 is 2.04 bits per heavy atom. The normalized spacial score (nSPS) is 24.4. The van der Waals surface area contributed by atoms with Gasteiger partial charge in [-0.15, -0.1) is 0 Å². The number of rotatable bonds is 4. The third-order valence-electron chi connectivity index (χ3n) is 5.07. The lowest BCUT2D eigenvalue weighted by molar-refractivity contribution is 0.208. The highest BCUT2D eigenvalue weighted by Gasteiger charge is 2.24. The zero-order valence-corrected chi connectivity index (χ0v) is 14.6. The number of likely N-dealkylation sites (tertiary alicyclic amines) is 1. The fourth-order valence-electron chi connectivity index (χ4n) is 3.67. The van der Waals surface area contributed by atoms with Crippen molar-refractivity contribution in [1.82, 2.24) is 15.5 Å². The SMILES string of the molecule is CN1CCC[C@H](NC(=O)NC[C@@H]2CCN(c3ccc(F)c(F)c3)C2)C1. The van der Waals surface area contributed by atoms with Crippen LogP contribution < -0.4 is 15.5 Å². The average Bonchev–Trinajstić information content (AvgIpc) is 3.04. The maximum atomic E-state index is 13.4. The summed E-state index contributed by atoms with van der Waals surface area (Å²) < 4.78 is 26.4. The van der Waals surface area contributed by atoms with Crippen molar-refractivity contribution in [3.8, 4) is 0 Å². The molecule has 0 saturated carbocycles. The van der Waals surface area contributed by atoms with Crippen molar-refractivity contribution in [2.45, 2.75) is 25.3 Å². The molecule has 0 spiro atoms. The van der Waals surface area contributed by atoms with E-state index in [0.717, 1.165) is 51.5 Å². The van der Waals surface area contributed by atoms with E-state index in [1.54, 1.807) is 6.07 Å². The smallest absolute Gasteiger partial charge is 0.315 e. The standard InChI is InChI=1S/C18H26F2N4O/c1-23-7-2-3-14(12-23)22-18(25)21-10-13-6-8-24(11-13)15-4-5-16(19)17(20)9-15/h4-5,9,13-14H,2-3,6-8,10-12H2,1H3,(H2,21,22,25)/t13-,14-/m0/s1. The molecular weight excluding hydrogens is 326 g/mol. The molecule has 3 rings (SSSR count). The molecule has 2 amide bonds. The summed E-state index contributed by atoms with van der Waals surface area (Å²) in [4.78, 5) is 16.3. The number of carbonyl (C=O) groups excluding carboxylic acids is 1. The predicted octanol–water partition coefficient (Wildman–Crippen LogP) is 2.18. The summed E-state index contributed by atoms with van der Waals surface area (Å²) in [6, 6.07) is 4.08. The van der Waals surface area contributed by atoms with Gasteiger partial charge in [-0.1, -0.05) is 0 Å². The van der Waals surface area contributed by atoms with Crippen LogP contribution in [0, 0.1) is 17.6 Å². The van der Waals surface area contributed by atoms with Gasteiger partial charge in [-0.25, -0.2) is 13.6 Å².